The van der Waals surface area contributed by atoms with Gasteiger partial charge in [0.1, 0.15) is 5.82 Å². The second-order valence-electron chi connectivity index (χ2n) is 6.82. The molecule has 4 rings (SSSR count). The third-order valence-electron chi connectivity index (χ3n) is 4.76. The molecule has 0 bridgehead atoms. The van der Waals surface area contributed by atoms with Crippen LogP contribution in [-0.4, -0.2) is 35.2 Å². The molecule has 1 fully saturated rings. The van der Waals surface area contributed by atoms with Gasteiger partial charge in [0.15, 0.2) is 5.82 Å². The van der Waals surface area contributed by atoms with Gasteiger partial charge in [0, 0.05) is 30.1 Å². The summed E-state index contributed by atoms with van der Waals surface area (Å²) >= 11 is 1.51. The summed E-state index contributed by atoms with van der Waals surface area (Å²) in [5.74, 6) is 0.586. The number of aromatic nitrogens is 2. The van der Waals surface area contributed by atoms with E-state index in [0.717, 1.165) is 52.8 Å². The molecule has 0 aliphatic carbocycles. The molecule has 140 valence electrons. The molecule has 3 aromatic rings. The average molecular weight is 384 g/mol. The van der Waals surface area contributed by atoms with Crippen LogP contribution in [0.15, 0.2) is 42.5 Å². The summed E-state index contributed by atoms with van der Waals surface area (Å²) in [6.07, 6.45) is 1.95. The number of amides is 1. The zero-order valence-electron chi connectivity index (χ0n) is 15.0. The molecule has 2 aromatic heterocycles. The van der Waals surface area contributed by atoms with Gasteiger partial charge in [-0.05, 0) is 61.7 Å². The van der Waals surface area contributed by atoms with Gasteiger partial charge < -0.3 is 10.2 Å². The number of anilines is 1. The van der Waals surface area contributed by atoms with Crippen LogP contribution < -0.4 is 10.2 Å². The lowest BCUT2D eigenvalue weighted by molar-refractivity contribution is 0.0937. The number of thiophene rings is 1. The van der Waals surface area contributed by atoms with Crippen LogP contribution in [0.4, 0.5) is 10.2 Å². The lowest BCUT2D eigenvalue weighted by atomic mass is 10.1. The number of hydrogen-bond acceptors (Lipinski definition) is 4. The Morgan fingerprint density at radius 2 is 2.11 bits per heavy atom. The Hall–Kier alpha value is -2.67. The molecule has 1 aliphatic heterocycles. The van der Waals surface area contributed by atoms with Gasteiger partial charge in [-0.3, -0.25) is 9.89 Å². The summed E-state index contributed by atoms with van der Waals surface area (Å²) in [6.45, 7) is 3.63. The summed E-state index contributed by atoms with van der Waals surface area (Å²) in [5.41, 5.74) is 1.75. The molecule has 0 saturated carbocycles. The lowest BCUT2D eigenvalue weighted by Gasteiger charge is -2.33. The molecule has 0 unspecified atom stereocenters. The molecule has 5 nitrogen and oxygen atoms in total. The normalized spacial score (nSPS) is 17.1. The largest absolute Gasteiger partial charge is 0.353 e. The highest BCUT2D eigenvalue weighted by molar-refractivity contribution is 7.13. The predicted molar refractivity (Wildman–Crippen MR) is 106 cm³/mol. The van der Waals surface area contributed by atoms with Crippen molar-refractivity contribution in [1.82, 2.24) is 15.5 Å². The van der Waals surface area contributed by atoms with E-state index in [1.54, 1.807) is 12.1 Å². The van der Waals surface area contributed by atoms with E-state index >= 15 is 0 Å². The van der Waals surface area contributed by atoms with Gasteiger partial charge in [-0.15, -0.1) is 11.3 Å². The van der Waals surface area contributed by atoms with E-state index in [1.807, 2.05) is 25.1 Å². The molecule has 1 amide bonds. The van der Waals surface area contributed by atoms with Crippen molar-refractivity contribution >= 4 is 23.1 Å². The number of piperidine rings is 1. The number of rotatable bonds is 4. The minimum Gasteiger partial charge on any atom is -0.353 e. The SMILES string of the molecule is Cc1ccc(C(=O)N[C@@H]2CCCN(c3cc(-c4ccc(F)cc4)[nH]n3)C2)s1. The second kappa shape index (κ2) is 7.52. The molecular weight excluding hydrogens is 363 g/mol. The smallest absolute Gasteiger partial charge is 0.261 e. The maximum atomic E-state index is 13.1. The molecule has 0 radical (unpaired) electrons. The van der Waals surface area contributed by atoms with Gasteiger partial charge >= 0.3 is 0 Å². The number of carbonyl (C=O) groups excluding carboxylic acids is 1. The van der Waals surface area contributed by atoms with Gasteiger partial charge in [-0.1, -0.05) is 0 Å². The second-order valence-corrected chi connectivity index (χ2v) is 8.10. The zero-order valence-corrected chi connectivity index (χ0v) is 15.9. The average Bonchev–Trinajstić information content (AvgIpc) is 3.32. The number of aryl methyl sites for hydroxylation is 1. The molecule has 1 aromatic carbocycles. The molecule has 0 spiro atoms. The summed E-state index contributed by atoms with van der Waals surface area (Å²) in [6, 6.07) is 12.2. The Morgan fingerprint density at radius 3 is 2.85 bits per heavy atom. The standard InChI is InChI=1S/C20H21FN4OS/c1-13-4-9-18(27-13)20(26)22-16-3-2-10-25(12-16)19-11-17(23-24-19)14-5-7-15(21)8-6-14/h4-9,11,16H,2-3,10,12H2,1H3,(H,22,26)(H,23,24)/t16-/m1/s1. The topological polar surface area (TPSA) is 61.0 Å². The fraction of sp³-hybridized carbons (Fsp3) is 0.300. The van der Waals surface area contributed by atoms with Crippen LogP contribution in [-0.2, 0) is 0 Å². The first-order valence-electron chi connectivity index (χ1n) is 9.02. The number of carbonyl (C=O) groups is 1. The zero-order chi connectivity index (χ0) is 18.8. The molecule has 1 saturated heterocycles. The Morgan fingerprint density at radius 1 is 1.30 bits per heavy atom. The van der Waals surface area contributed by atoms with Crippen LogP contribution in [0.1, 0.15) is 27.4 Å². The fourth-order valence-electron chi connectivity index (χ4n) is 3.37. The quantitative estimate of drug-likeness (QED) is 0.715. The van der Waals surface area contributed by atoms with Crippen LogP contribution >= 0.6 is 11.3 Å². The van der Waals surface area contributed by atoms with E-state index in [-0.39, 0.29) is 17.8 Å². The number of halogens is 1. The van der Waals surface area contributed by atoms with Crippen molar-refractivity contribution in [2.24, 2.45) is 0 Å². The van der Waals surface area contributed by atoms with Crippen molar-refractivity contribution in [3.8, 4) is 11.3 Å². The van der Waals surface area contributed by atoms with Crippen LogP contribution in [0.2, 0.25) is 0 Å². The minimum atomic E-state index is -0.256. The highest BCUT2D eigenvalue weighted by Gasteiger charge is 2.24. The monoisotopic (exact) mass is 384 g/mol. The first-order chi connectivity index (χ1) is 13.1. The molecule has 2 N–H and O–H groups in total. The van der Waals surface area contributed by atoms with E-state index in [1.165, 1.54) is 23.5 Å². The predicted octanol–water partition coefficient (Wildman–Crippen LogP) is 3.98. The Balaban J connectivity index is 1.42. The number of hydrogen-bond donors (Lipinski definition) is 2. The van der Waals surface area contributed by atoms with Crippen molar-refractivity contribution in [2.45, 2.75) is 25.8 Å². The van der Waals surface area contributed by atoms with Gasteiger partial charge in [-0.25, -0.2) is 4.39 Å². The molecule has 27 heavy (non-hydrogen) atoms. The summed E-state index contributed by atoms with van der Waals surface area (Å²) in [7, 11) is 0. The Labute approximate surface area is 161 Å². The van der Waals surface area contributed by atoms with Crippen LogP contribution in [0.25, 0.3) is 11.3 Å². The first kappa shape index (κ1) is 17.7. The van der Waals surface area contributed by atoms with Crippen molar-refractivity contribution in [3.05, 3.63) is 58.0 Å². The van der Waals surface area contributed by atoms with Crippen molar-refractivity contribution in [3.63, 3.8) is 0 Å². The van der Waals surface area contributed by atoms with Gasteiger partial charge in [0.05, 0.1) is 10.6 Å². The number of nitrogens with one attached hydrogen (secondary N) is 2. The van der Waals surface area contributed by atoms with Gasteiger partial charge in [-0.2, -0.15) is 5.10 Å². The number of nitrogens with zero attached hydrogens (tertiary/aromatic N) is 2. The van der Waals surface area contributed by atoms with Crippen molar-refractivity contribution in [1.29, 1.82) is 0 Å². The van der Waals surface area contributed by atoms with E-state index in [0.29, 0.717) is 0 Å². The van der Waals surface area contributed by atoms with Gasteiger partial charge in [0.25, 0.3) is 5.91 Å². The number of benzene rings is 1. The van der Waals surface area contributed by atoms with Crippen molar-refractivity contribution in [2.75, 3.05) is 18.0 Å². The summed E-state index contributed by atoms with van der Waals surface area (Å²) < 4.78 is 13.1. The summed E-state index contributed by atoms with van der Waals surface area (Å²) in [5, 5.41) is 10.6. The van der Waals surface area contributed by atoms with E-state index < -0.39 is 0 Å². The fourth-order valence-corrected chi connectivity index (χ4v) is 4.14. The molecule has 3 heterocycles. The van der Waals surface area contributed by atoms with E-state index in [4.69, 9.17) is 0 Å². The third kappa shape index (κ3) is 4.03. The van der Waals surface area contributed by atoms with E-state index in [2.05, 4.69) is 20.4 Å². The third-order valence-corrected chi connectivity index (χ3v) is 5.76. The molecule has 1 aliphatic rings. The number of aromatic amines is 1. The Bertz CT molecular complexity index is 934. The molecular formula is C20H21FN4OS. The Kier molecular flexibility index (Phi) is 4.94. The van der Waals surface area contributed by atoms with E-state index in [9.17, 15) is 9.18 Å². The highest BCUT2D eigenvalue weighted by Crippen LogP contribution is 2.24. The summed E-state index contributed by atoms with van der Waals surface area (Å²) in [4.78, 5) is 16.5. The molecule has 7 heteroatoms. The van der Waals surface area contributed by atoms with Crippen molar-refractivity contribution < 1.29 is 9.18 Å². The molecule has 1 atom stereocenters. The van der Waals surface area contributed by atoms with Crippen LogP contribution in [0, 0.1) is 12.7 Å². The minimum absolute atomic E-state index is 0.00557. The lowest BCUT2D eigenvalue weighted by Crippen LogP contribution is -2.47. The number of H-pyrrole nitrogens is 1. The van der Waals surface area contributed by atoms with Crippen LogP contribution in [0.3, 0.4) is 0 Å². The van der Waals surface area contributed by atoms with Gasteiger partial charge in [0.2, 0.25) is 0 Å². The maximum Gasteiger partial charge on any atom is 0.261 e. The highest BCUT2D eigenvalue weighted by atomic mass is 32.1. The van der Waals surface area contributed by atoms with Crippen LogP contribution in [0.5, 0.6) is 0 Å². The first-order valence-corrected chi connectivity index (χ1v) is 9.84. The maximum absolute atomic E-state index is 13.1.